The number of nitrogens with one attached hydrogen (secondary N) is 1. The third kappa shape index (κ3) is 2.88. The zero-order valence-electron chi connectivity index (χ0n) is 14.8. The highest BCUT2D eigenvalue weighted by atomic mass is 35.5. The molecular weight excluding hydrogens is 369 g/mol. The molecule has 26 heavy (non-hydrogen) atoms. The zero-order valence-corrected chi connectivity index (χ0v) is 16.3. The van der Waals surface area contributed by atoms with Crippen LogP contribution in [0, 0.1) is 5.92 Å². The number of benzene rings is 1. The molecule has 0 amide bonds. The van der Waals surface area contributed by atoms with Gasteiger partial charge >= 0.3 is 0 Å². The summed E-state index contributed by atoms with van der Waals surface area (Å²) in [6.07, 6.45) is 7.09. The SMILES string of the molecule is C[C@H]1N[C@H]2C[C@@H]1[C@H](OCc1c(C3CC3)cnn1-c1c(Cl)cccc1Cl)C2. The minimum Gasteiger partial charge on any atom is -0.372 e. The summed E-state index contributed by atoms with van der Waals surface area (Å²) in [5.74, 6) is 1.22. The van der Waals surface area contributed by atoms with Crippen LogP contribution in [-0.4, -0.2) is 28.0 Å². The van der Waals surface area contributed by atoms with E-state index in [0.29, 0.717) is 46.7 Å². The second kappa shape index (κ2) is 6.52. The third-order valence-corrected chi connectivity index (χ3v) is 6.80. The Balaban J connectivity index is 1.45. The number of hydrogen-bond donors (Lipinski definition) is 1. The van der Waals surface area contributed by atoms with Crippen LogP contribution in [0.1, 0.15) is 49.8 Å². The van der Waals surface area contributed by atoms with E-state index in [4.69, 9.17) is 27.9 Å². The molecule has 1 aromatic heterocycles. The van der Waals surface area contributed by atoms with E-state index in [1.165, 1.54) is 24.8 Å². The lowest BCUT2D eigenvalue weighted by molar-refractivity contribution is -0.00287. The van der Waals surface area contributed by atoms with Crippen LogP contribution in [0.3, 0.4) is 0 Å². The molecule has 6 heteroatoms. The van der Waals surface area contributed by atoms with Gasteiger partial charge in [-0.3, -0.25) is 0 Å². The number of hydrogen-bond acceptors (Lipinski definition) is 3. The van der Waals surface area contributed by atoms with E-state index in [1.54, 1.807) is 0 Å². The Morgan fingerprint density at radius 2 is 2.00 bits per heavy atom. The fourth-order valence-electron chi connectivity index (χ4n) is 4.72. The minimum atomic E-state index is 0.327. The number of piperidine rings is 1. The summed E-state index contributed by atoms with van der Waals surface area (Å²) in [6.45, 7) is 2.83. The van der Waals surface area contributed by atoms with Gasteiger partial charge in [0.05, 0.1) is 34.6 Å². The second-order valence-electron chi connectivity index (χ2n) is 7.94. The van der Waals surface area contributed by atoms with Gasteiger partial charge in [-0.2, -0.15) is 5.10 Å². The number of rotatable bonds is 5. The normalized spacial score (nSPS) is 30.3. The second-order valence-corrected chi connectivity index (χ2v) is 8.75. The van der Waals surface area contributed by atoms with Gasteiger partial charge in [-0.1, -0.05) is 29.3 Å². The first kappa shape index (κ1) is 17.1. The number of fused-ring (bicyclic) bond motifs is 2. The van der Waals surface area contributed by atoms with E-state index in [-0.39, 0.29) is 0 Å². The van der Waals surface area contributed by atoms with Crippen LogP contribution < -0.4 is 5.32 Å². The third-order valence-electron chi connectivity index (χ3n) is 6.19. The molecule has 2 bridgehead atoms. The van der Waals surface area contributed by atoms with Crippen molar-refractivity contribution in [3.05, 3.63) is 45.7 Å². The molecule has 4 nitrogen and oxygen atoms in total. The Morgan fingerprint density at radius 3 is 2.65 bits per heavy atom. The maximum absolute atomic E-state index is 6.44. The van der Waals surface area contributed by atoms with Gasteiger partial charge in [0.2, 0.25) is 0 Å². The molecule has 2 aromatic rings. The molecule has 3 fully saturated rings. The number of nitrogens with zero attached hydrogens (tertiary/aromatic N) is 2. The molecule has 2 saturated carbocycles. The maximum atomic E-state index is 6.44. The molecule has 0 spiro atoms. The van der Waals surface area contributed by atoms with Crippen LogP contribution in [0.2, 0.25) is 10.0 Å². The molecule has 1 saturated heterocycles. The monoisotopic (exact) mass is 391 g/mol. The quantitative estimate of drug-likeness (QED) is 0.801. The Kier molecular flexibility index (Phi) is 4.28. The van der Waals surface area contributed by atoms with Gasteiger partial charge in [0, 0.05) is 18.0 Å². The highest BCUT2D eigenvalue weighted by Gasteiger charge is 2.44. The van der Waals surface area contributed by atoms with Crippen LogP contribution in [0.15, 0.2) is 24.4 Å². The van der Waals surface area contributed by atoms with Crippen molar-refractivity contribution in [2.75, 3.05) is 0 Å². The van der Waals surface area contributed by atoms with Gasteiger partial charge in [0.15, 0.2) is 0 Å². The smallest absolute Gasteiger partial charge is 0.102 e. The summed E-state index contributed by atoms with van der Waals surface area (Å²) in [6, 6.07) is 6.74. The number of halogens is 2. The first-order valence-electron chi connectivity index (χ1n) is 9.50. The standard InChI is InChI=1S/C20H23Cl2N3O/c1-11-14-7-13(24-11)8-19(14)26-10-18-15(12-5-6-12)9-23-25(18)20-16(21)3-2-4-17(20)22/h2-4,9,11-14,19,24H,5-8,10H2,1H3/t11-,13+,14+,19-/m1/s1. The molecule has 138 valence electrons. The van der Waals surface area contributed by atoms with E-state index >= 15 is 0 Å². The van der Waals surface area contributed by atoms with Crippen LogP contribution in [0.4, 0.5) is 0 Å². The summed E-state index contributed by atoms with van der Waals surface area (Å²) >= 11 is 12.9. The summed E-state index contributed by atoms with van der Waals surface area (Å²) in [5.41, 5.74) is 3.14. The number of para-hydroxylation sites is 1. The van der Waals surface area contributed by atoms with Crippen molar-refractivity contribution >= 4 is 23.2 Å². The van der Waals surface area contributed by atoms with Gasteiger partial charge < -0.3 is 10.1 Å². The number of aromatic nitrogens is 2. The summed E-state index contributed by atoms with van der Waals surface area (Å²) in [4.78, 5) is 0. The molecule has 1 N–H and O–H groups in total. The van der Waals surface area contributed by atoms with Crippen LogP contribution in [0.5, 0.6) is 0 Å². The van der Waals surface area contributed by atoms with Crippen LogP contribution in [-0.2, 0) is 11.3 Å². The van der Waals surface area contributed by atoms with Crippen molar-refractivity contribution in [1.29, 1.82) is 0 Å². The van der Waals surface area contributed by atoms with Crippen molar-refractivity contribution in [3.63, 3.8) is 0 Å². The fourth-order valence-corrected chi connectivity index (χ4v) is 5.27. The van der Waals surface area contributed by atoms with Crippen molar-refractivity contribution in [2.24, 2.45) is 5.92 Å². The Labute approximate surface area is 163 Å². The van der Waals surface area contributed by atoms with Crippen molar-refractivity contribution in [2.45, 2.75) is 63.3 Å². The van der Waals surface area contributed by atoms with Gasteiger partial charge in [0.1, 0.15) is 5.69 Å². The van der Waals surface area contributed by atoms with Gasteiger partial charge in [-0.25, -0.2) is 4.68 Å². The fraction of sp³-hybridized carbons (Fsp3) is 0.550. The van der Waals surface area contributed by atoms with Crippen molar-refractivity contribution in [3.8, 4) is 5.69 Å². The van der Waals surface area contributed by atoms with E-state index in [9.17, 15) is 0 Å². The molecule has 4 atom stereocenters. The minimum absolute atomic E-state index is 0.327. The van der Waals surface area contributed by atoms with Gasteiger partial charge in [-0.05, 0) is 56.2 Å². The topological polar surface area (TPSA) is 39.1 Å². The first-order valence-corrected chi connectivity index (χ1v) is 10.3. The van der Waals surface area contributed by atoms with E-state index < -0.39 is 0 Å². The summed E-state index contributed by atoms with van der Waals surface area (Å²) in [7, 11) is 0. The lowest BCUT2D eigenvalue weighted by atomic mass is 9.99. The largest absolute Gasteiger partial charge is 0.372 e. The van der Waals surface area contributed by atoms with Gasteiger partial charge in [-0.15, -0.1) is 0 Å². The van der Waals surface area contributed by atoms with Gasteiger partial charge in [0.25, 0.3) is 0 Å². The molecule has 2 aliphatic carbocycles. The predicted octanol–water partition coefficient (Wildman–Crippen LogP) is 4.71. The molecule has 3 aliphatic rings. The average molecular weight is 392 g/mol. The Morgan fingerprint density at radius 1 is 1.23 bits per heavy atom. The Hall–Kier alpha value is -1.07. The highest BCUT2D eigenvalue weighted by molar-refractivity contribution is 6.37. The average Bonchev–Trinajstić information content (AvgIpc) is 3.09. The van der Waals surface area contributed by atoms with E-state index in [0.717, 1.165) is 17.8 Å². The lowest BCUT2D eigenvalue weighted by Gasteiger charge is -2.28. The lowest BCUT2D eigenvalue weighted by Crippen LogP contribution is -2.41. The first-order chi connectivity index (χ1) is 12.6. The highest BCUT2D eigenvalue weighted by Crippen LogP contribution is 2.44. The van der Waals surface area contributed by atoms with Crippen LogP contribution in [0.25, 0.3) is 5.69 Å². The van der Waals surface area contributed by atoms with E-state index in [1.807, 2.05) is 29.1 Å². The Bertz CT molecular complexity index is 812. The van der Waals surface area contributed by atoms with Crippen molar-refractivity contribution < 1.29 is 4.74 Å². The molecule has 1 aliphatic heterocycles. The van der Waals surface area contributed by atoms with E-state index in [2.05, 4.69) is 17.3 Å². The molecule has 0 radical (unpaired) electrons. The zero-order chi connectivity index (χ0) is 17.8. The molecule has 1 aromatic carbocycles. The molecular formula is C20H23Cl2N3O. The maximum Gasteiger partial charge on any atom is 0.102 e. The number of ether oxygens (including phenoxy) is 1. The predicted molar refractivity (Wildman–Crippen MR) is 103 cm³/mol. The molecule has 0 unspecified atom stereocenters. The van der Waals surface area contributed by atoms with Crippen LogP contribution >= 0.6 is 23.2 Å². The van der Waals surface area contributed by atoms with Crippen molar-refractivity contribution in [1.82, 2.24) is 15.1 Å². The molecule has 5 rings (SSSR count). The summed E-state index contributed by atoms with van der Waals surface area (Å²) in [5, 5.41) is 9.49. The summed E-state index contributed by atoms with van der Waals surface area (Å²) < 4.78 is 8.32. The molecule has 2 heterocycles.